The van der Waals surface area contributed by atoms with Crippen molar-refractivity contribution in [3.8, 4) is 0 Å². The number of rotatable bonds is 6. The Morgan fingerprint density at radius 1 is 1.55 bits per heavy atom. The lowest BCUT2D eigenvalue weighted by Crippen LogP contribution is -2.38. The lowest BCUT2D eigenvalue weighted by molar-refractivity contribution is -0.120. The molecule has 1 atom stereocenters. The molecule has 0 spiro atoms. The molecule has 0 fully saturated rings. The minimum Gasteiger partial charge on any atom is -0.307 e. The van der Waals surface area contributed by atoms with E-state index in [9.17, 15) is 4.79 Å². The van der Waals surface area contributed by atoms with Crippen molar-refractivity contribution in [2.45, 2.75) is 32.7 Å². The topological polar surface area (TPSA) is 29.1 Å². The second kappa shape index (κ2) is 6.68. The zero-order valence-corrected chi connectivity index (χ0v) is 8.16. The first-order chi connectivity index (χ1) is 5.26. The highest BCUT2D eigenvalue weighted by Gasteiger charge is 2.13. The minimum atomic E-state index is -0.0386. The van der Waals surface area contributed by atoms with Crippen LogP contribution in [-0.4, -0.2) is 24.1 Å². The van der Waals surface area contributed by atoms with E-state index in [4.69, 9.17) is 0 Å². The summed E-state index contributed by atoms with van der Waals surface area (Å²) in [5.74, 6) is 0.886. The van der Waals surface area contributed by atoms with Crippen LogP contribution in [-0.2, 0) is 4.79 Å². The number of hydrogen-bond acceptors (Lipinski definition) is 3. The predicted molar refractivity (Wildman–Crippen MR) is 51.2 cm³/mol. The Morgan fingerprint density at radius 2 is 2.18 bits per heavy atom. The van der Waals surface area contributed by atoms with Crippen LogP contribution in [0, 0.1) is 0 Å². The summed E-state index contributed by atoms with van der Waals surface area (Å²) in [5.41, 5.74) is 0. The molecule has 0 heterocycles. The largest absolute Gasteiger partial charge is 0.307 e. The summed E-state index contributed by atoms with van der Waals surface area (Å²) < 4.78 is 0. The third-order valence-electron chi connectivity index (χ3n) is 1.52. The van der Waals surface area contributed by atoms with Gasteiger partial charge in [-0.1, -0.05) is 13.8 Å². The molecule has 3 heteroatoms. The van der Waals surface area contributed by atoms with Gasteiger partial charge < -0.3 is 5.32 Å². The summed E-state index contributed by atoms with van der Waals surface area (Å²) in [7, 11) is 0. The molecule has 0 aromatic rings. The second-order valence-electron chi connectivity index (χ2n) is 2.51. The van der Waals surface area contributed by atoms with Crippen molar-refractivity contribution in [2.75, 3.05) is 12.3 Å². The van der Waals surface area contributed by atoms with Gasteiger partial charge >= 0.3 is 0 Å². The van der Waals surface area contributed by atoms with E-state index < -0.39 is 0 Å². The fraction of sp³-hybridized carbons (Fsp3) is 0.875. The van der Waals surface area contributed by atoms with Gasteiger partial charge in [0, 0.05) is 12.2 Å². The van der Waals surface area contributed by atoms with E-state index in [0.717, 1.165) is 13.0 Å². The Hall–Kier alpha value is -0.0200. The van der Waals surface area contributed by atoms with Crippen LogP contribution >= 0.6 is 12.6 Å². The molecule has 0 saturated carbocycles. The van der Waals surface area contributed by atoms with Crippen LogP contribution in [0.25, 0.3) is 0 Å². The summed E-state index contributed by atoms with van der Waals surface area (Å²) in [6, 6.07) is -0.0386. The number of carbonyl (C=O) groups is 1. The van der Waals surface area contributed by atoms with Crippen LogP contribution in [0.1, 0.15) is 26.7 Å². The SMILES string of the molecule is CCCC(=O)C(CS)NCC. The molecule has 2 nitrogen and oxygen atoms in total. The molecule has 0 aliphatic heterocycles. The predicted octanol–water partition coefficient (Wildman–Crippen LogP) is 1.26. The number of ketones is 1. The van der Waals surface area contributed by atoms with Crippen LogP contribution < -0.4 is 5.32 Å². The maximum atomic E-state index is 11.3. The molecule has 0 aliphatic rings. The average Bonchev–Trinajstić information content (AvgIpc) is 2.00. The fourth-order valence-electron chi connectivity index (χ4n) is 0.947. The molecule has 1 unspecified atom stereocenters. The van der Waals surface area contributed by atoms with E-state index in [1.165, 1.54) is 0 Å². The highest BCUT2D eigenvalue weighted by molar-refractivity contribution is 7.80. The Kier molecular flexibility index (Phi) is 6.66. The van der Waals surface area contributed by atoms with E-state index in [0.29, 0.717) is 12.2 Å². The first-order valence-corrected chi connectivity index (χ1v) is 4.76. The first kappa shape index (κ1) is 11.0. The molecule has 0 aromatic carbocycles. The van der Waals surface area contributed by atoms with Crippen molar-refractivity contribution >= 4 is 18.4 Å². The van der Waals surface area contributed by atoms with Crippen LogP contribution in [0.15, 0.2) is 0 Å². The minimum absolute atomic E-state index is 0.0386. The highest BCUT2D eigenvalue weighted by atomic mass is 32.1. The smallest absolute Gasteiger partial charge is 0.150 e. The number of thiol groups is 1. The average molecular weight is 175 g/mol. The number of nitrogens with one attached hydrogen (secondary N) is 1. The molecule has 11 heavy (non-hydrogen) atoms. The molecule has 66 valence electrons. The quantitative estimate of drug-likeness (QED) is 0.595. The molecule has 0 aliphatic carbocycles. The van der Waals surface area contributed by atoms with Gasteiger partial charge in [-0.3, -0.25) is 4.79 Å². The summed E-state index contributed by atoms with van der Waals surface area (Å²) >= 11 is 4.10. The molecule has 0 amide bonds. The van der Waals surface area contributed by atoms with Crippen molar-refractivity contribution in [2.24, 2.45) is 0 Å². The second-order valence-corrected chi connectivity index (χ2v) is 2.87. The summed E-state index contributed by atoms with van der Waals surface area (Å²) in [4.78, 5) is 11.3. The highest BCUT2D eigenvalue weighted by Crippen LogP contribution is 1.97. The number of Topliss-reactive ketones (excluding diaryl/α,β-unsaturated/α-hetero) is 1. The first-order valence-electron chi connectivity index (χ1n) is 4.13. The Bertz CT molecular complexity index is 117. The van der Waals surface area contributed by atoms with Gasteiger partial charge in [-0.2, -0.15) is 12.6 Å². The number of carbonyl (C=O) groups excluding carboxylic acids is 1. The maximum Gasteiger partial charge on any atom is 0.150 e. The number of hydrogen-bond donors (Lipinski definition) is 2. The standard InChI is InChI=1S/C8H17NOS/c1-3-5-8(10)7(6-11)9-4-2/h7,9,11H,3-6H2,1-2H3. The molecule has 0 radical (unpaired) electrons. The Balaban J connectivity index is 3.71. The molecule has 0 aromatic heterocycles. The van der Waals surface area contributed by atoms with Gasteiger partial charge in [0.2, 0.25) is 0 Å². The maximum absolute atomic E-state index is 11.3. The van der Waals surface area contributed by atoms with E-state index >= 15 is 0 Å². The van der Waals surface area contributed by atoms with E-state index in [1.807, 2.05) is 13.8 Å². The molecule has 0 saturated heterocycles. The van der Waals surface area contributed by atoms with Gasteiger partial charge in [0.1, 0.15) is 0 Å². The van der Waals surface area contributed by atoms with Crippen LogP contribution in [0.3, 0.4) is 0 Å². The van der Waals surface area contributed by atoms with Crippen molar-refractivity contribution in [3.05, 3.63) is 0 Å². The van der Waals surface area contributed by atoms with Crippen molar-refractivity contribution in [1.29, 1.82) is 0 Å². The Labute approximate surface area is 74.2 Å². The number of likely N-dealkylation sites (N-methyl/N-ethyl adjacent to an activating group) is 1. The monoisotopic (exact) mass is 175 g/mol. The molecule has 1 N–H and O–H groups in total. The van der Waals surface area contributed by atoms with Crippen molar-refractivity contribution in [1.82, 2.24) is 5.32 Å². The zero-order valence-electron chi connectivity index (χ0n) is 7.26. The summed E-state index contributed by atoms with van der Waals surface area (Å²) in [6.07, 6.45) is 1.59. The molecule has 0 rings (SSSR count). The van der Waals surface area contributed by atoms with Crippen molar-refractivity contribution < 1.29 is 4.79 Å². The van der Waals surface area contributed by atoms with E-state index in [1.54, 1.807) is 0 Å². The third-order valence-corrected chi connectivity index (χ3v) is 1.88. The summed E-state index contributed by atoms with van der Waals surface area (Å²) in [5, 5.41) is 3.09. The third kappa shape index (κ3) is 4.43. The van der Waals surface area contributed by atoms with Crippen molar-refractivity contribution in [3.63, 3.8) is 0 Å². The van der Waals surface area contributed by atoms with Crippen LogP contribution in [0.5, 0.6) is 0 Å². The van der Waals surface area contributed by atoms with E-state index in [2.05, 4.69) is 17.9 Å². The fourth-order valence-corrected chi connectivity index (χ4v) is 1.28. The molecule has 0 bridgehead atoms. The lowest BCUT2D eigenvalue weighted by atomic mass is 10.1. The van der Waals surface area contributed by atoms with Gasteiger partial charge in [0.05, 0.1) is 6.04 Å². The Morgan fingerprint density at radius 3 is 2.55 bits per heavy atom. The molecular formula is C8H17NOS. The van der Waals surface area contributed by atoms with E-state index in [-0.39, 0.29) is 11.8 Å². The molecular weight excluding hydrogens is 158 g/mol. The lowest BCUT2D eigenvalue weighted by Gasteiger charge is -2.12. The summed E-state index contributed by atoms with van der Waals surface area (Å²) in [6.45, 7) is 4.84. The van der Waals surface area contributed by atoms with Crippen LogP contribution in [0.4, 0.5) is 0 Å². The van der Waals surface area contributed by atoms with Gasteiger partial charge in [-0.05, 0) is 13.0 Å². The zero-order chi connectivity index (χ0) is 8.69. The van der Waals surface area contributed by atoms with Gasteiger partial charge in [-0.25, -0.2) is 0 Å². The van der Waals surface area contributed by atoms with Gasteiger partial charge in [0.25, 0.3) is 0 Å². The van der Waals surface area contributed by atoms with Crippen LogP contribution in [0.2, 0.25) is 0 Å². The normalized spacial score (nSPS) is 13.0. The van der Waals surface area contributed by atoms with Gasteiger partial charge in [-0.15, -0.1) is 0 Å². The van der Waals surface area contributed by atoms with Gasteiger partial charge in [0.15, 0.2) is 5.78 Å².